The lowest BCUT2D eigenvalue weighted by Crippen LogP contribution is -2.48. The molecule has 0 saturated heterocycles. The molecule has 30 heavy (non-hydrogen) atoms. The molecule has 0 amide bonds. The first-order valence-electron chi connectivity index (χ1n) is 13.5. The van der Waals surface area contributed by atoms with Crippen molar-refractivity contribution in [2.45, 2.75) is 142 Å². The summed E-state index contributed by atoms with van der Waals surface area (Å²) in [6.07, 6.45) is 24.2. The summed E-state index contributed by atoms with van der Waals surface area (Å²) in [5.41, 5.74) is 8.52. The third-order valence-corrected chi connectivity index (χ3v) is 6.98. The topological polar surface area (TPSA) is 26.0 Å². The van der Waals surface area contributed by atoms with Gasteiger partial charge in [0, 0.05) is 5.54 Å². The van der Waals surface area contributed by atoms with E-state index in [9.17, 15) is 0 Å². The summed E-state index contributed by atoms with van der Waals surface area (Å²) in [4.78, 5) is 0. The Morgan fingerprint density at radius 1 is 0.633 bits per heavy atom. The van der Waals surface area contributed by atoms with Gasteiger partial charge in [-0.05, 0) is 37.2 Å². The summed E-state index contributed by atoms with van der Waals surface area (Å²) >= 11 is 0. The first-order chi connectivity index (χ1) is 14.7. The highest BCUT2D eigenvalue weighted by Gasteiger charge is 2.32. The Kier molecular flexibility index (Phi) is 16.2. The van der Waals surface area contributed by atoms with Crippen molar-refractivity contribution in [3.8, 4) is 0 Å². The number of hydrogen-bond acceptors (Lipinski definition) is 1. The van der Waals surface area contributed by atoms with E-state index in [-0.39, 0.29) is 5.54 Å². The molecule has 1 aromatic rings. The normalized spacial score (nSPS) is 12.9. The minimum atomic E-state index is 0.0110. The molecule has 0 aliphatic carbocycles. The average Bonchev–Trinajstić information content (AvgIpc) is 2.74. The molecule has 0 radical (unpaired) electrons. The van der Waals surface area contributed by atoms with Crippen LogP contribution in [0, 0.1) is 5.92 Å². The van der Waals surface area contributed by atoms with Gasteiger partial charge in [-0.25, -0.2) is 0 Å². The van der Waals surface area contributed by atoms with Crippen LogP contribution in [-0.4, -0.2) is 5.54 Å². The number of nitrogens with two attached hydrogens (primary N) is 1. The summed E-state index contributed by atoms with van der Waals surface area (Å²) in [6, 6.07) is 11.0. The minimum Gasteiger partial charge on any atom is -0.325 e. The van der Waals surface area contributed by atoms with Crippen LogP contribution < -0.4 is 5.73 Å². The van der Waals surface area contributed by atoms with Gasteiger partial charge in [-0.15, -0.1) is 0 Å². The molecule has 0 bridgehead atoms. The highest BCUT2D eigenvalue weighted by atomic mass is 14.8. The SMILES string of the molecule is CCCCCCCCCCCCCCC(Cc1ccccc1)C(N)(CCC)CCC. The molecule has 2 N–H and O–H groups in total. The first kappa shape index (κ1) is 27.2. The van der Waals surface area contributed by atoms with Gasteiger partial charge in [0.25, 0.3) is 0 Å². The van der Waals surface area contributed by atoms with Crippen LogP contribution in [0.1, 0.15) is 135 Å². The molecule has 1 heteroatoms. The van der Waals surface area contributed by atoms with E-state index in [4.69, 9.17) is 5.73 Å². The molecule has 0 aromatic heterocycles. The first-order valence-corrected chi connectivity index (χ1v) is 13.5. The lowest BCUT2D eigenvalue weighted by atomic mass is 9.72. The molecule has 1 atom stereocenters. The second-order valence-corrected chi connectivity index (χ2v) is 9.80. The Balaban J connectivity index is 2.32. The van der Waals surface area contributed by atoms with Gasteiger partial charge >= 0.3 is 0 Å². The molecular weight excluding hydrogens is 362 g/mol. The molecule has 0 spiro atoms. The highest BCUT2D eigenvalue weighted by Crippen LogP contribution is 2.33. The lowest BCUT2D eigenvalue weighted by molar-refractivity contribution is 0.211. The maximum atomic E-state index is 7.05. The van der Waals surface area contributed by atoms with Crippen LogP contribution in [0.5, 0.6) is 0 Å². The van der Waals surface area contributed by atoms with Gasteiger partial charge in [0.2, 0.25) is 0 Å². The quantitative estimate of drug-likeness (QED) is 0.211. The molecule has 0 heterocycles. The molecule has 0 aliphatic heterocycles. The number of benzene rings is 1. The maximum Gasteiger partial charge on any atom is 0.0185 e. The van der Waals surface area contributed by atoms with Crippen LogP contribution in [0.3, 0.4) is 0 Å². The van der Waals surface area contributed by atoms with E-state index in [2.05, 4.69) is 51.1 Å². The van der Waals surface area contributed by atoms with E-state index in [1.807, 2.05) is 0 Å². The Morgan fingerprint density at radius 3 is 1.57 bits per heavy atom. The van der Waals surface area contributed by atoms with Gasteiger partial charge in [-0.2, -0.15) is 0 Å². The average molecular weight is 416 g/mol. The van der Waals surface area contributed by atoms with E-state index in [0.29, 0.717) is 5.92 Å². The molecule has 0 fully saturated rings. The van der Waals surface area contributed by atoms with Crippen LogP contribution in [0.4, 0.5) is 0 Å². The highest BCUT2D eigenvalue weighted by molar-refractivity contribution is 5.16. The predicted octanol–water partition coefficient (Wildman–Crippen LogP) is 9.23. The predicted molar refractivity (Wildman–Crippen MR) is 136 cm³/mol. The fourth-order valence-electron chi connectivity index (χ4n) is 5.19. The number of unbranched alkanes of at least 4 members (excludes halogenated alkanes) is 11. The fourth-order valence-corrected chi connectivity index (χ4v) is 5.19. The standard InChI is InChI=1S/C29H53N/c1-4-7-8-9-10-11-12-13-14-15-16-20-23-28(26-27-21-18-17-19-22-27)29(30,24-5-2)25-6-3/h17-19,21-22,28H,4-16,20,23-26,30H2,1-3H3. The van der Waals surface area contributed by atoms with Crippen LogP contribution in [-0.2, 0) is 6.42 Å². The fraction of sp³-hybridized carbons (Fsp3) is 0.793. The van der Waals surface area contributed by atoms with Crippen molar-refractivity contribution in [3.63, 3.8) is 0 Å². The van der Waals surface area contributed by atoms with Gasteiger partial charge in [0.05, 0.1) is 0 Å². The van der Waals surface area contributed by atoms with Crippen LogP contribution in [0.15, 0.2) is 30.3 Å². The zero-order chi connectivity index (χ0) is 21.9. The van der Waals surface area contributed by atoms with Gasteiger partial charge in [-0.1, -0.05) is 141 Å². The van der Waals surface area contributed by atoms with Crippen molar-refractivity contribution in [1.29, 1.82) is 0 Å². The molecule has 174 valence electrons. The molecule has 1 aromatic carbocycles. The van der Waals surface area contributed by atoms with Crippen molar-refractivity contribution in [2.75, 3.05) is 0 Å². The number of hydrogen-bond donors (Lipinski definition) is 1. The van der Waals surface area contributed by atoms with Crippen LogP contribution in [0.25, 0.3) is 0 Å². The van der Waals surface area contributed by atoms with Crippen molar-refractivity contribution < 1.29 is 0 Å². The van der Waals surface area contributed by atoms with Crippen LogP contribution in [0.2, 0.25) is 0 Å². The van der Waals surface area contributed by atoms with Crippen LogP contribution >= 0.6 is 0 Å². The zero-order valence-electron chi connectivity index (χ0n) is 20.8. The Bertz CT molecular complexity index is 474. The summed E-state index contributed by atoms with van der Waals surface area (Å²) in [5, 5.41) is 0. The molecule has 1 rings (SSSR count). The van der Waals surface area contributed by atoms with Crippen molar-refractivity contribution in [3.05, 3.63) is 35.9 Å². The zero-order valence-corrected chi connectivity index (χ0v) is 20.8. The monoisotopic (exact) mass is 415 g/mol. The molecule has 0 saturated carbocycles. The van der Waals surface area contributed by atoms with E-state index >= 15 is 0 Å². The summed E-state index contributed by atoms with van der Waals surface area (Å²) in [5.74, 6) is 0.614. The third-order valence-electron chi connectivity index (χ3n) is 6.98. The summed E-state index contributed by atoms with van der Waals surface area (Å²) < 4.78 is 0. The maximum absolute atomic E-state index is 7.05. The van der Waals surface area contributed by atoms with Crippen molar-refractivity contribution in [2.24, 2.45) is 11.7 Å². The molecule has 0 aliphatic rings. The van der Waals surface area contributed by atoms with Gasteiger partial charge in [0.15, 0.2) is 0 Å². The Hall–Kier alpha value is -0.820. The third kappa shape index (κ3) is 12.1. The summed E-state index contributed by atoms with van der Waals surface area (Å²) in [7, 11) is 0. The van der Waals surface area contributed by atoms with E-state index < -0.39 is 0 Å². The second kappa shape index (κ2) is 17.8. The van der Waals surface area contributed by atoms with Gasteiger partial charge < -0.3 is 5.73 Å². The number of rotatable bonds is 20. The van der Waals surface area contributed by atoms with Crippen molar-refractivity contribution in [1.82, 2.24) is 0 Å². The second-order valence-electron chi connectivity index (χ2n) is 9.80. The van der Waals surface area contributed by atoms with E-state index in [1.54, 1.807) is 0 Å². The molecular formula is C29H53N. The van der Waals surface area contributed by atoms with E-state index in [0.717, 1.165) is 19.3 Å². The van der Waals surface area contributed by atoms with Crippen molar-refractivity contribution >= 4 is 0 Å². The smallest absolute Gasteiger partial charge is 0.0185 e. The minimum absolute atomic E-state index is 0.0110. The molecule has 1 nitrogen and oxygen atoms in total. The van der Waals surface area contributed by atoms with Gasteiger partial charge in [0.1, 0.15) is 0 Å². The van der Waals surface area contributed by atoms with E-state index in [1.165, 1.54) is 102 Å². The molecule has 1 unspecified atom stereocenters. The lowest BCUT2D eigenvalue weighted by Gasteiger charge is -2.38. The van der Waals surface area contributed by atoms with Gasteiger partial charge in [-0.3, -0.25) is 0 Å². The Morgan fingerprint density at radius 2 is 1.10 bits per heavy atom. The largest absolute Gasteiger partial charge is 0.325 e. The Labute approximate surface area is 189 Å². The summed E-state index contributed by atoms with van der Waals surface area (Å²) in [6.45, 7) is 6.88.